The zero-order chi connectivity index (χ0) is 9.80. The summed E-state index contributed by atoms with van der Waals surface area (Å²) in [7, 11) is 0. The Kier molecular flexibility index (Phi) is 2.81. The molecule has 1 aliphatic carbocycles. The van der Waals surface area contributed by atoms with Crippen molar-refractivity contribution in [2.45, 2.75) is 25.7 Å². The lowest BCUT2D eigenvalue weighted by Crippen LogP contribution is -2.12. The van der Waals surface area contributed by atoms with Crippen LogP contribution in [0.2, 0.25) is 0 Å². The van der Waals surface area contributed by atoms with Crippen LogP contribution in [0.4, 0.5) is 11.8 Å². The summed E-state index contributed by atoms with van der Waals surface area (Å²) in [6.45, 7) is 1.01. The molecule has 0 bridgehead atoms. The topological polar surface area (TPSA) is 63.8 Å². The van der Waals surface area contributed by atoms with Gasteiger partial charge in [-0.3, -0.25) is 0 Å². The molecule has 14 heavy (non-hydrogen) atoms. The number of hydrogen-bond acceptors (Lipinski definition) is 4. The SMILES string of the molecule is Nc1nccc(NCC2CCCC2)n1. The van der Waals surface area contributed by atoms with Crippen molar-refractivity contribution in [1.29, 1.82) is 0 Å². The first-order chi connectivity index (χ1) is 6.84. The van der Waals surface area contributed by atoms with Crippen molar-refractivity contribution < 1.29 is 0 Å². The second-order valence-corrected chi connectivity index (χ2v) is 3.83. The molecule has 76 valence electrons. The van der Waals surface area contributed by atoms with Gasteiger partial charge in [0.15, 0.2) is 0 Å². The van der Waals surface area contributed by atoms with E-state index in [1.54, 1.807) is 6.20 Å². The molecule has 0 saturated heterocycles. The Balaban J connectivity index is 1.85. The molecule has 0 amide bonds. The minimum Gasteiger partial charge on any atom is -0.370 e. The Morgan fingerprint density at radius 3 is 2.93 bits per heavy atom. The zero-order valence-electron chi connectivity index (χ0n) is 8.24. The molecule has 0 atom stereocenters. The van der Waals surface area contributed by atoms with Crippen molar-refractivity contribution in [2.75, 3.05) is 17.6 Å². The summed E-state index contributed by atoms with van der Waals surface area (Å²) in [5.74, 6) is 1.98. The van der Waals surface area contributed by atoms with Crippen LogP contribution in [0.15, 0.2) is 12.3 Å². The van der Waals surface area contributed by atoms with Gasteiger partial charge in [-0.25, -0.2) is 4.98 Å². The predicted molar refractivity (Wildman–Crippen MR) is 56.9 cm³/mol. The summed E-state index contributed by atoms with van der Waals surface area (Å²) in [5.41, 5.74) is 5.48. The maximum Gasteiger partial charge on any atom is 0.221 e. The van der Waals surface area contributed by atoms with Crippen LogP contribution in [0.5, 0.6) is 0 Å². The number of nitrogen functional groups attached to an aromatic ring is 1. The maximum absolute atomic E-state index is 5.48. The Labute approximate surface area is 83.9 Å². The smallest absolute Gasteiger partial charge is 0.221 e. The normalized spacial score (nSPS) is 17.1. The molecule has 1 saturated carbocycles. The summed E-state index contributed by atoms with van der Waals surface area (Å²) in [4.78, 5) is 7.94. The highest BCUT2D eigenvalue weighted by molar-refractivity contribution is 5.37. The second kappa shape index (κ2) is 4.26. The molecule has 4 heteroatoms. The van der Waals surface area contributed by atoms with Crippen LogP contribution < -0.4 is 11.1 Å². The lowest BCUT2D eigenvalue weighted by Gasteiger charge is -2.10. The summed E-state index contributed by atoms with van der Waals surface area (Å²) in [6, 6.07) is 1.85. The van der Waals surface area contributed by atoms with Crippen LogP contribution >= 0.6 is 0 Å². The summed E-state index contributed by atoms with van der Waals surface area (Å²) in [6.07, 6.45) is 7.11. The van der Waals surface area contributed by atoms with Gasteiger partial charge in [0.05, 0.1) is 0 Å². The van der Waals surface area contributed by atoms with Crippen LogP contribution in [-0.4, -0.2) is 16.5 Å². The van der Waals surface area contributed by atoms with E-state index in [1.165, 1.54) is 25.7 Å². The van der Waals surface area contributed by atoms with Gasteiger partial charge in [0.1, 0.15) is 5.82 Å². The number of rotatable bonds is 3. The molecule has 0 unspecified atom stereocenters. The highest BCUT2D eigenvalue weighted by atomic mass is 15.1. The van der Waals surface area contributed by atoms with E-state index in [1.807, 2.05) is 6.07 Å². The van der Waals surface area contributed by atoms with Gasteiger partial charge in [0.2, 0.25) is 5.95 Å². The van der Waals surface area contributed by atoms with Gasteiger partial charge in [0.25, 0.3) is 0 Å². The number of nitrogens with two attached hydrogens (primary N) is 1. The zero-order valence-corrected chi connectivity index (χ0v) is 8.24. The lowest BCUT2D eigenvalue weighted by molar-refractivity contribution is 0.579. The maximum atomic E-state index is 5.48. The number of nitrogens with one attached hydrogen (secondary N) is 1. The molecule has 1 aromatic rings. The Morgan fingerprint density at radius 2 is 2.21 bits per heavy atom. The van der Waals surface area contributed by atoms with Crippen LogP contribution in [0.1, 0.15) is 25.7 Å². The largest absolute Gasteiger partial charge is 0.370 e. The van der Waals surface area contributed by atoms with Gasteiger partial charge < -0.3 is 11.1 Å². The van der Waals surface area contributed by atoms with Crippen LogP contribution in [-0.2, 0) is 0 Å². The fraction of sp³-hybridized carbons (Fsp3) is 0.600. The van der Waals surface area contributed by atoms with E-state index < -0.39 is 0 Å². The van der Waals surface area contributed by atoms with Crippen LogP contribution in [0, 0.1) is 5.92 Å². The Morgan fingerprint density at radius 1 is 1.43 bits per heavy atom. The lowest BCUT2D eigenvalue weighted by atomic mass is 10.1. The predicted octanol–water partition coefficient (Wildman–Crippen LogP) is 1.66. The van der Waals surface area contributed by atoms with Crippen LogP contribution in [0.25, 0.3) is 0 Å². The van der Waals surface area contributed by atoms with E-state index in [2.05, 4.69) is 15.3 Å². The molecular weight excluding hydrogens is 176 g/mol. The number of hydrogen-bond donors (Lipinski definition) is 2. The fourth-order valence-electron chi connectivity index (χ4n) is 1.94. The molecular formula is C10H16N4. The monoisotopic (exact) mass is 192 g/mol. The summed E-state index contributed by atoms with van der Waals surface area (Å²) in [5, 5.41) is 3.30. The van der Waals surface area contributed by atoms with Crippen molar-refractivity contribution in [2.24, 2.45) is 5.92 Å². The third-order valence-electron chi connectivity index (χ3n) is 2.72. The van der Waals surface area contributed by atoms with Crippen molar-refractivity contribution in [3.63, 3.8) is 0 Å². The number of anilines is 2. The molecule has 0 aliphatic heterocycles. The van der Waals surface area contributed by atoms with E-state index in [-0.39, 0.29) is 0 Å². The molecule has 1 heterocycles. The van der Waals surface area contributed by atoms with Gasteiger partial charge in [-0.1, -0.05) is 12.8 Å². The highest BCUT2D eigenvalue weighted by Gasteiger charge is 2.14. The Bertz CT molecular complexity index is 294. The van der Waals surface area contributed by atoms with Gasteiger partial charge in [-0.15, -0.1) is 0 Å². The second-order valence-electron chi connectivity index (χ2n) is 3.83. The molecule has 4 nitrogen and oxygen atoms in total. The molecule has 3 N–H and O–H groups in total. The number of aromatic nitrogens is 2. The fourth-order valence-corrected chi connectivity index (χ4v) is 1.94. The quantitative estimate of drug-likeness (QED) is 0.764. The van der Waals surface area contributed by atoms with Gasteiger partial charge >= 0.3 is 0 Å². The van der Waals surface area contributed by atoms with Crippen molar-refractivity contribution >= 4 is 11.8 Å². The molecule has 2 rings (SSSR count). The molecule has 0 aromatic carbocycles. The third kappa shape index (κ3) is 2.34. The molecule has 1 aliphatic rings. The van der Waals surface area contributed by atoms with Gasteiger partial charge in [-0.05, 0) is 24.8 Å². The first-order valence-electron chi connectivity index (χ1n) is 5.17. The summed E-state index contributed by atoms with van der Waals surface area (Å²) >= 11 is 0. The minimum atomic E-state index is 0.335. The van der Waals surface area contributed by atoms with E-state index >= 15 is 0 Å². The van der Waals surface area contributed by atoms with Crippen molar-refractivity contribution in [1.82, 2.24) is 9.97 Å². The number of nitrogens with zero attached hydrogens (tertiary/aromatic N) is 2. The highest BCUT2D eigenvalue weighted by Crippen LogP contribution is 2.24. The van der Waals surface area contributed by atoms with Crippen molar-refractivity contribution in [3.8, 4) is 0 Å². The minimum absolute atomic E-state index is 0.335. The average molecular weight is 192 g/mol. The molecule has 1 fully saturated rings. The van der Waals surface area contributed by atoms with Gasteiger partial charge in [0, 0.05) is 12.7 Å². The first-order valence-corrected chi connectivity index (χ1v) is 5.17. The van der Waals surface area contributed by atoms with E-state index in [0.29, 0.717) is 5.95 Å². The van der Waals surface area contributed by atoms with Gasteiger partial charge in [-0.2, -0.15) is 4.98 Å². The third-order valence-corrected chi connectivity index (χ3v) is 2.72. The van der Waals surface area contributed by atoms with Crippen molar-refractivity contribution in [3.05, 3.63) is 12.3 Å². The average Bonchev–Trinajstić information content (AvgIpc) is 2.67. The van der Waals surface area contributed by atoms with Crippen LogP contribution in [0.3, 0.4) is 0 Å². The molecule has 1 aromatic heterocycles. The van der Waals surface area contributed by atoms with E-state index in [4.69, 9.17) is 5.73 Å². The van der Waals surface area contributed by atoms with E-state index in [0.717, 1.165) is 18.3 Å². The van der Waals surface area contributed by atoms with E-state index in [9.17, 15) is 0 Å². The first kappa shape index (κ1) is 9.24. The summed E-state index contributed by atoms with van der Waals surface area (Å²) < 4.78 is 0. The standard InChI is InChI=1S/C10H16N4/c11-10-12-6-5-9(14-10)13-7-8-3-1-2-4-8/h5-6,8H,1-4,7H2,(H3,11,12,13,14). The molecule has 0 radical (unpaired) electrons. The molecule has 0 spiro atoms. The Hall–Kier alpha value is -1.32.